The predicted molar refractivity (Wildman–Crippen MR) is 69.2 cm³/mol. The van der Waals surface area contributed by atoms with Gasteiger partial charge in [-0.1, -0.05) is 35.3 Å². The standard InChI is InChI=1S/C13H11Cl2NO2/c14-9-3-1-8(2-4-9)13(18)11(15)7-12(17)16(13)10-5-6-10/h1-4,7,10,18H,5-6H2. The van der Waals surface area contributed by atoms with Crippen molar-refractivity contribution in [3.63, 3.8) is 0 Å². The van der Waals surface area contributed by atoms with Gasteiger partial charge in [-0.2, -0.15) is 0 Å². The first-order valence-electron chi connectivity index (χ1n) is 5.73. The third-order valence-electron chi connectivity index (χ3n) is 3.33. The first kappa shape index (κ1) is 12.0. The monoisotopic (exact) mass is 283 g/mol. The van der Waals surface area contributed by atoms with E-state index < -0.39 is 5.72 Å². The first-order chi connectivity index (χ1) is 8.53. The summed E-state index contributed by atoms with van der Waals surface area (Å²) in [4.78, 5) is 13.4. The second kappa shape index (κ2) is 3.98. The summed E-state index contributed by atoms with van der Waals surface area (Å²) in [7, 11) is 0. The van der Waals surface area contributed by atoms with Crippen molar-refractivity contribution < 1.29 is 9.90 Å². The summed E-state index contributed by atoms with van der Waals surface area (Å²) in [6.45, 7) is 0. The number of rotatable bonds is 2. The smallest absolute Gasteiger partial charge is 0.250 e. The Labute approximate surface area is 115 Å². The van der Waals surface area contributed by atoms with Crippen molar-refractivity contribution in [2.75, 3.05) is 0 Å². The molecule has 0 radical (unpaired) electrons. The normalized spacial score (nSPS) is 27.6. The van der Waals surface area contributed by atoms with Gasteiger partial charge in [-0.25, -0.2) is 0 Å². The number of carbonyl (C=O) groups is 1. The molecule has 1 aliphatic heterocycles. The highest BCUT2D eigenvalue weighted by Crippen LogP contribution is 2.46. The van der Waals surface area contributed by atoms with E-state index in [1.807, 2.05) is 0 Å². The first-order valence-corrected chi connectivity index (χ1v) is 6.48. The number of carbonyl (C=O) groups excluding carboxylic acids is 1. The molecule has 1 saturated carbocycles. The van der Waals surface area contributed by atoms with Crippen LogP contribution in [0.5, 0.6) is 0 Å². The Morgan fingerprint density at radius 1 is 1.22 bits per heavy atom. The number of hydrogen-bond acceptors (Lipinski definition) is 2. The minimum atomic E-state index is -1.54. The Kier molecular flexibility index (Phi) is 2.66. The van der Waals surface area contributed by atoms with Gasteiger partial charge < -0.3 is 5.11 Å². The highest BCUT2D eigenvalue weighted by Gasteiger charge is 2.52. The van der Waals surface area contributed by atoms with Gasteiger partial charge in [0.05, 0.1) is 5.03 Å². The number of aliphatic hydroxyl groups is 1. The van der Waals surface area contributed by atoms with Crippen LogP contribution in [0.3, 0.4) is 0 Å². The number of amides is 1. The molecule has 18 heavy (non-hydrogen) atoms. The van der Waals surface area contributed by atoms with E-state index in [-0.39, 0.29) is 17.0 Å². The minimum Gasteiger partial charge on any atom is -0.362 e. The molecular weight excluding hydrogens is 273 g/mol. The summed E-state index contributed by atoms with van der Waals surface area (Å²) < 4.78 is 0. The molecule has 1 aromatic rings. The average Bonchev–Trinajstić information content (AvgIpc) is 3.10. The summed E-state index contributed by atoms with van der Waals surface area (Å²) in [6.07, 6.45) is 3.09. The highest BCUT2D eigenvalue weighted by molar-refractivity contribution is 6.33. The molecule has 1 unspecified atom stereocenters. The molecule has 3 nitrogen and oxygen atoms in total. The van der Waals surface area contributed by atoms with Crippen LogP contribution in [0, 0.1) is 0 Å². The second-order valence-corrected chi connectivity index (χ2v) is 5.45. The number of halogens is 2. The molecule has 1 N–H and O–H groups in total. The third kappa shape index (κ3) is 1.66. The Hall–Kier alpha value is -1.03. The van der Waals surface area contributed by atoms with E-state index in [2.05, 4.69) is 0 Å². The largest absolute Gasteiger partial charge is 0.362 e. The molecule has 1 amide bonds. The van der Waals surface area contributed by atoms with Crippen molar-refractivity contribution >= 4 is 29.1 Å². The van der Waals surface area contributed by atoms with Gasteiger partial charge in [0.15, 0.2) is 0 Å². The van der Waals surface area contributed by atoms with E-state index in [4.69, 9.17) is 23.2 Å². The molecule has 2 aliphatic rings. The van der Waals surface area contributed by atoms with Crippen LogP contribution in [0.4, 0.5) is 0 Å². The Morgan fingerprint density at radius 2 is 1.83 bits per heavy atom. The number of hydrogen-bond donors (Lipinski definition) is 1. The molecule has 1 aliphatic carbocycles. The molecule has 1 heterocycles. The van der Waals surface area contributed by atoms with Crippen LogP contribution < -0.4 is 0 Å². The molecule has 94 valence electrons. The van der Waals surface area contributed by atoms with Crippen LogP contribution in [0.1, 0.15) is 18.4 Å². The zero-order chi connectivity index (χ0) is 12.9. The lowest BCUT2D eigenvalue weighted by Crippen LogP contribution is -2.46. The van der Waals surface area contributed by atoms with E-state index in [0.717, 1.165) is 12.8 Å². The third-order valence-corrected chi connectivity index (χ3v) is 3.95. The lowest BCUT2D eigenvalue weighted by Gasteiger charge is -2.35. The van der Waals surface area contributed by atoms with Gasteiger partial charge in [0.25, 0.3) is 5.91 Å². The quantitative estimate of drug-likeness (QED) is 0.907. The fourth-order valence-corrected chi connectivity index (χ4v) is 2.71. The Bertz CT molecular complexity index is 536. The zero-order valence-corrected chi connectivity index (χ0v) is 10.9. The van der Waals surface area contributed by atoms with E-state index in [1.165, 1.54) is 11.0 Å². The SMILES string of the molecule is O=C1C=C(Cl)C(O)(c2ccc(Cl)cc2)N1C1CC1. The summed E-state index contributed by atoms with van der Waals surface area (Å²) >= 11 is 11.9. The van der Waals surface area contributed by atoms with Crippen LogP contribution in [-0.2, 0) is 10.5 Å². The lowest BCUT2D eigenvalue weighted by molar-refractivity contribution is -0.144. The van der Waals surface area contributed by atoms with Crippen LogP contribution in [0.25, 0.3) is 0 Å². The highest BCUT2D eigenvalue weighted by atomic mass is 35.5. The fourth-order valence-electron chi connectivity index (χ4n) is 2.29. The van der Waals surface area contributed by atoms with Gasteiger partial charge in [-0.3, -0.25) is 9.69 Å². The minimum absolute atomic E-state index is 0.0747. The summed E-state index contributed by atoms with van der Waals surface area (Å²) in [5, 5.41) is 11.5. The predicted octanol–water partition coefficient (Wildman–Crippen LogP) is 2.61. The molecular formula is C13H11Cl2NO2. The topological polar surface area (TPSA) is 40.5 Å². The summed E-state index contributed by atoms with van der Waals surface area (Å²) in [5.41, 5.74) is -0.976. The fraction of sp³-hybridized carbons (Fsp3) is 0.308. The van der Waals surface area contributed by atoms with Crippen LogP contribution in [-0.4, -0.2) is 22.0 Å². The van der Waals surface area contributed by atoms with Gasteiger partial charge in [-0.05, 0) is 25.0 Å². The van der Waals surface area contributed by atoms with E-state index in [1.54, 1.807) is 24.3 Å². The molecule has 0 saturated heterocycles. The summed E-state index contributed by atoms with van der Waals surface area (Å²) in [5.74, 6) is -0.236. The van der Waals surface area contributed by atoms with E-state index in [9.17, 15) is 9.90 Å². The molecule has 0 spiro atoms. The molecule has 5 heteroatoms. The molecule has 0 aromatic heterocycles. The molecule has 3 rings (SSSR count). The van der Waals surface area contributed by atoms with Gasteiger partial charge in [0.1, 0.15) is 0 Å². The second-order valence-electron chi connectivity index (χ2n) is 4.61. The van der Waals surface area contributed by atoms with Crippen molar-refractivity contribution in [2.45, 2.75) is 24.6 Å². The molecule has 1 atom stereocenters. The Morgan fingerprint density at radius 3 is 2.39 bits per heavy atom. The number of nitrogens with zero attached hydrogens (tertiary/aromatic N) is 1. The number of benzene rings is 1. The summed E-state index contributed by atoms with van der Waals surface area (Å²) in [6, 6.07) is 6.80. The van der Waals surface area contributed by atoms with Gasteiger partial charge in [-0.15, -0.1) is 0 Å². The van der Waals surface area contributed by atoms with Crippen LogP contribution in [0.15, 0.2) is 35.4 Å². The maximum Gasteiger partial charge on any atom is 0.250 e. The molecule has 1 aromatic carbocycles. The van der Waals surface area contributed by atoms with Crippen molar-refractivity contribution in [2.24, 2.45) is 0 Å². The van der Waals surface area contributed by atoms with Crippen molar-refractivity contribution in [1.82, 2.24) is 4.90 Å². The van der Waals surface area contributed by atoms with Gasteiger partial charge >= 0.3 is 0 Å². The van der Waals surface area contributed by atoms with Crippen molar-refractivity contribution in [3.05, 3.63) is 46.0 Å². The van der Waals surface area contributed by atoms with E-state index in [0.29, 0.717) is 10.6 Å². The zero-order valence-electron chi connectivity index (χ0n) is 9.44. The average molecular weight is 284 g/mol. The molecule has 1 fully saturated rings. The van der Waals surface area contributed by atoms with Crippen molar-refractivity contribution in [3.8, 4) is 0 Å². The van der Waals surface area contributed by atoms with Crippen LogP contribution >= 0.6 is 23.2 Å². The molecule has 0 bridgehead atoms. The van der Waals surface area contributed by atoms with Gasteiger partial charge in [0.2, 0.25) is 5.72 Å². The lowest BCUT2D eigenvalue weighted by atomic mass is 10.0. The maximum absolute atomic E-state index is 11.9. The van der Waals surface area contributed by atoms with Gasteiger partial charge in [0, 0.05) is 22.7 Å². The van der Waals surface area contributed by atoms with Crippen molar-refractivity contribution in [1.29, 1.82) is 0 Å². The van der Waals surface area contributed by atoms with E-state index >= 15 is 0 Å². The maximum atomic E-state index is 11.9. The van der Waals surface area contributed by atoms with Crippen LogP contribution in [0.2, 0.25) is 5.02 Å². The Balaban J connectivity index is 2.08.